The molecule has 1 aliphatic rings. The molecule has 0 aliphatic carbocycles. The summed E-state index contributed by atoms with van der Waals surface area (Å²) >= 11 is 11.1. The molecular formula is C19H18ClN3O2S. The van der Waals surface area contributed by atoms with Gasteiger partial charge in [0.25, 0.3) is 11.8 Å². The van der Waals surface area contributed by atoms with Crippen LogP contribution in [0.1, 0.15) is 31.1 Å². The molecule has 1 N–H and O–H groups in total. The molecule has 0 radical (unpaired) electrons. The van der Waals surface area contributed by atoms with Gasteiger partial charge in [-0.25, -0.2) is 0 Å². The fraction of sp³-hybridized carbons (Fsp3) is 0.211. The zero-order valence-electron chi connectivity index (χ0n) is 14.6. The molecule has 0 bridgehead atoms. The van der Waals surface area contributed by atoms with E-state index in [4.69, 9.17) is 23.8 Å². The Morgan fingerprint density at radius 3 is 2.42 bits per heavy atom. The van der Waals surface area contributed by atoms with E-state index in [0.717, 1.165) is 11.3 Å². The quantitative estimate of drug-likeness (QED) is 0.494. The predicted molar refractivity (Wildman–Crippen MR) is 107 cm³/mol. The molecule has 0 spiro atoms. The number of rotatable bonds is 3. The number of thiocarbonyl (C=S) groups is 1. The Hall–Kier alpha value is -2.44. The molecule has 2 aromatic rings. The second-order valence-corrected chi connectivity index (χ2v) is 7.17. The number of nitrogens with one attached hydrogen (secondary N) is 1. The van der Waals surface area contributed by atoms with Gasteiger partial charge in [-0.15, -0.1) is 0 Å². The summed E-state index contributed by atoms with van der Waals surface area (Å²) in [5, 5.41) is 3.18. The SMILES string of the molecule is Cc1cc(/C=C2/C(=O)NC(=S)N(c3ccc(Cl)cc3)C2=O)cn1C(C)C. The van der Waals surface area contributed by atoms with Gasteiger partial charge in [-0.2, -0.15) is 0 Å². The predicted octanol–water partition coefficient (Wildman–Crippen LogP) is 3.86. The monoisotopic (exact) mass is 387 g/mol. The largest absolute Gasteiger partial charge is 0.349 e. The van der Waals surface area contributed by atoms with Gasteiger partial charge in [0, 0.05) is 23.0 Å². The van der Waals surface area contributed by atoms with Crippen molar-refractivity contribution in [2.24, 2.45) is 0 Å². The number of aromatic nitrogens is 1. The van der Waals surface area contributed by atoms with Crippen LogP contribution in [0.15, 0.2) is 42.1 Å². The maximum atomic E-state index is 12.9. The number of hydrogen-bond acceptors (Lipinski definition) is 3. The molecule has 1 saturated heterocycles. The summed E-state index contributed by atoms with van der Waals surface area (Å²) in [4.78, 5) is 26.6. The molecule has 0 saturated carbocycles. The van der Waals surface area contributed by atoms with E-state index in [-0.39, 0.29) is 16.7 Å². The normalized spacial score (nSPS) is 16.6. The van der Waals surface area contributed by atoms with Crippen LogP contribution in [0, 0.1) is 6.92 Å². The van der Waals surface area contributed by atoms with Crippen molar-refractivity contribution in [3.8, 4) is 0 Å². The van der Waals surface area contributed by atoms with Gasteiger partial charge >= 0.3 is 0 Å². The first kappa shape index (κ1) is 18.4. The minimum Gasteiger partial charge on any atom is -0.349 e. The van der Waals surface area contributed by atoms with Crippen LogP contribution < -0.4 is 10.2 Å². The third-order valence-electron chi connectivity index (χ3n) is 4.12. The molecule has 1 aromatic heterocycles. The lowest BCUT2D eigenvalue weighted by atomic mass is 10.1. The van der Waals surface area contributed by atoms with E-state index in [9.17, 15) is 9.59 Å². The van der Waals surface area contributed by atoms with Crippen LogP contribution >= 0.6 is 23.8 Å². The van der Waals surface area contributed by atoms with Crippen LogP contribution in [0.4, 0.5) is 5.69 Å². The van der Waals surface area contributed by atoms with Crippen molar-refractivity contribution in [2.45, 2.75) is 26.8 Å². The molecular weight excluding hydrogens is 370 g/mol. The summed E-state index contributed by atoms with van der Waals surface area (Å²) in [6.45, 7) is 6.13. The Labute approximate surface area is 162 Å². The van der Waals surface area contributed by atoms with Crippen molar-refractivity contribution in [1.29, 1.82) is 0 Å². The summed E-state index contributed by atoms with van der Waals surface area (Å²) in [6.07, 6.45) is 3.52. The van der Waals surface area contributed by atoms with Crippen molar-refractivity contribution in [2.75, 3.05) is 4.90 Å². The number of anilines is 1. The maximum absolute atomic E-state index is 12.9. The summed E-state index contributed by atoms with van der Waals surface area (Å²) < 4.78 is 2.08. The van der Waals surface area contributed by atoms with Crippen LogP contribution in [0.3, 0.4) is 0 Å². The van der Waals surface area contributed by atoms with Gasteiger partial charge in [0.15, 0.2) is 5.11 Å². The fourth-order valence-electron chi connectivity index (χ4n) is 2.90. The van der Waals surface area contributed by atoms with Crippen molar-refractivity contribution in [1.82, 2.24) is 9.88 Å². The van der Waals surface area contributed by atoms with E-state index in [1.165, 1.54) is 4.90 Å². The minimum absolute atomic E-state index is 0.0365. The van der Waals surface area contributed by atoms with Gasteiger partial charge in [-0.3, -0.25) is 19.8 Å². The molecule has 3 rings (SSSR count). The molecule has 134 valence electrons. The highest BCUT2D eigenvalue weighted by atomic mass is 35.5. The number of carbonyl (C=O) groups excluding carboxylic acids is 2. The summed E-state index contributed by atoms with van der Waals surface area (Å²) in [5.74, 6) is -0.962. The Bertz CT molecular complexity index is 929. The Kier molecular flexibility index (Phi) is 4.98. The molecule has 0 unspecified atom stereocenters. The zero-order valence-corrected chi connectivity index (χ0v) is 16.2. The molecule has 1 fully saturated rings. The second kappa shape index (κ2) is 7.05. The van der Waals surface area contributed by atoms with Crippen LogP contribution in [0.5, 0.6) is 0 Å². The lowest BCUT2D eigenvalue weighted by Crippen LogP contribution is -2.54. The fourth-order valence-corrected chi connectivity index (χ4v) is 3.31. The Morgan fingerprint density at radius 1 is 1.19 bits per heavy atom. The number of nitrogens with zero attached hydrogens (tertiary/aromatic N) is 2. The van der Waals surface area contributed by atoms with Gasteiger partial charge in [0.1, 0.15) is 5.57 Å². The molecule has 2 heterocycles. The average Bonchev–Trinajstić information content (AvgIpc) is 2.94. The maximum Gasteiger partial charge on any atom is 0.270 e. The van der Waals surface area contributed by atoms with Gasteiger partial charge < -0.3 is 4.57 Å². The Morgan fingerprint density at radius 2 is 1.85 bits per heavy atom. The van der Waals surface area contributed by atoms with E-state index in [0.29, 0.717) is 10.7 Å². The minimum atomic E-state index is -0.500. The van der Waals surface area contributed by atoms with Gasteiger partial charge in [-0.1, -0.05) is 11.6 Å². The smallest absolute Gasteiger partial charge is 0.270 e. The second-order valence-electron chi connectivity index (χ2n) is 6.35. The summed E-state index contributed by atoms with van der Waals surface area (Å²) in [5.41, 5.74) is 2.43. The van der Waals surface area contributed by atoms with Crippen molar-refractivity contribution in [3.05, 3.63) is 58.4 Å². The molecule has 5 nitrogen and oxygen atoms in total. The summed E-state index contributed by atoms with van der Waals surface area (Å²) in [6, 6.07) is 8.92. The number of aryl methyl sites for hydroxylation is 1. The average molecular weight is 388 g/mol. The first-order valence-electron chi connectivity index (χ1n) is 8.13. The number of halogens is 1. The third kappa shape index (κ3) is 3.43. The van der Waals surface area contributed by atoms with E-state index in [1.54, 1.807) is 30.3 Å². The van der Waals surface area contributed by atoms with Crippen molar-refractivity contribution in [3.63, 3.8) is 0 Å². The number of amides is 2. The Balaban J connectivity index is 2.00. The molecule has 2 amide bonds. The van der Waals surface area contributed by atoms with E-state index in [2.05, 4.69) is 23.7 Å². The first-order valence-corrected chi connectivity index (χ1v) is 8.92. The van der Waals surface area contributed by atoms with Crippen LogP contribution in [-0.4, -0.2) is 21.5 Å². The summed E-state index contributed by atoms with van der Waals surface area (Å²) in [7, 11) is 0. The molecule has 26 heavy (non-hydrogen) atoms. The first-order chi connectivity index (χ1) is 12.3. The molecule has 1 aromatic carbocycles. The zero-order chi connectivity index (χ0) is 19.0. The van der Waals surface area contributed by atoms with E-state index >= 15 is 0 Å². The number of hydrogen-bond donors (Lipinski definition) is 1. The number of carbonyl (C=O) groups is 2. The van der Waals surface area contributed by atoms with E-state index in [1.807, 2.05) is 19.2 Å². The highest BCUT2D eigenvalue weighted by Crippen LogP contribution is 2.24. The molecule has 1 aliphatic heterocycles. The van der Waals surface area contributed by atoms with Crippen LogP contribution in [-0.2, 0) is 9.59 Å². The standard InChI is InChI=1S/C19H18ClN3O2S/c1-11(2)22-10-13(8-12(22)3)9-16-17(24)21-19(26)23(18(16)25)15-6-4-14(20)5-7-15/h4-11H,1-3H3,(H,21,24,26)/b16-9-. The van der Waals surface area contributed by atoms with Crippen molar-refractivity contribution >= 4 is 52.5 Å². The number of benzene rings is 1. The van der Waals surface area contributed by atoms with Crippen LogP contribution in [0.25, 0.3) is 6.08 Å². The highest BCUT2D eigenvalue weighted by Gasteiger charge is 2.34. The van der Waals surface area contributed by atoms with E-state index < -0.39 is 11.8 Å². The van der Waals surface area contributed by atoms with Gasteiger partial charge in [0.2, 0.25) is 0 Å². The van der Waals surface area contributed by atoms with Crippen molar-refractivity contribution < 1.29 is 9.59 Å². The molecule has 7 heteroatoms. The molecule has 0 atom stereocenters. The van der Waals surface area contributed by atoms with Crippen LogP contribution in [0.2, 0.25) is 5.02 Å². The topological polar surface area (TPSA) is 54.3 Å². The third-order valence-corrected chi connectivity index (χ3v) is 4.66. The van der Waals surface area contributed by atoms with Gasteiger partial charge in [-0.05, 0) is 75.0 Å². The highest BCUT2D eigenvalue weighted by molar-refractivity contribution is 7.80. The van der Waals surface area contributed by atoms with Gasteiger partial charge in [0.05, 0.1) is 5.69 Å². The lowest BCUT2D eigenvalue weighted by Gasteiger charge is -2.28. The lowest BCUT2D eigenvalue weighted by molar-refractivity contribution is -0.122.